The molecule has 1 aromatic carbocycles. The topological polar surface area (TPSA) is 50.8 Å². The van der Waals surface area contributed by atoms with Crippen molar-refractivity contribution < 1.29 is 14.3 Å². The fourth-order valence-corrected chi connectivity index (χ4v) is 3.28. The molecule has 1 heterocycles. The first-order valence-electron chi connectivity index (χ1n) is 8.48. The van der Waals surface area contributed by atoms with Gasteiger partial charge in [0.05, 0.1) is 25.7 Å². The second-order valence-electron chi connectivity index (χ2n) is 6.35. The van der Waals surface area contributed by atoms with Gasteiger partial charge < -0.3 is 14.8 Å². The van der Waals surface area contributed by atoms with Gasteiger partial charge in [-0.2, -0.15) is 0 Å². The number of nitrogens with zero attached hydrogens (tertiary/aromatic N) is 1. The van der Waals surface area contributed by atoms with Crippen LogP contribution in [0.1, 0.15) is 24.8 Å². The second-order valence-corrected chi connectivity index (χ2v) is 6.35. The van der Waals surface area contributed by atoms with E-state index in [0.29, 0.717) is 0 Å². The Labute approximate surface area is 137 Å². The van der Waals surface area contributed by atoms with Crippen LogP contribution in [0.2, 0.25) is 0 Å². The molecule has 3 rings (SSSR count). The molecule has 1 aliphatic heterocycles. The van der Waals surface area contributed by atoms with Crippen molar-refractivity contribution in [2.45, 2.75) is 24.7 Å². The molecule has 0 aromatic heterocycles. The van der Waals surface area contributed by atoms with Gasteiger partial charge >= 0.3 is 0 Å². The Morgan fingerprint density at radius 1 is 1.30 bits per heavy atom. The summed E-state index contributed by atoms with van der Waals surface area (Å²) >= 11 is 0. The summed E-state index contributed by atoms with van der Waals surface area (Å²) in [6.45, 7) is 5.39. The summed E-state index contributed by atoms with van der Waals surface area (Å²) < 4.78 is 10.8. The molecule has 1 saturated carbocycles. The van der Waals surface area contributed by atoms with Crippen LogP contribution in [0, 0.1) is 0 Å². The number of benzene rings is 1. The highest BCUT2D eigenvalue weighted by atomic mass is 16.5. The van der Waals surface area contributed by atoms with Crippen LogP contribution in [0.4, 0.5) is 0 Å². The maximum atomic E-state index is 12.6. The lowest BCUT2D eigenvalue weighted by Gasteiger charge is -2.26. The van der Waals surface area contributed by atoms with Gasteiger partial charge in [-0.3, -0.25) is 9.69 Å². The van der Waals surface area contributed by atoms with E-state index < -0.39 is 0 Å². The quantitative estimate of drug-likeness (QED) is 0.775. The van der Waals surface area contributed by atoms with E-state index in [0.717, 1.165) is 70.0 Å². The Bertz CT molecular complexity index is 537. The van der Waals surface area contributed by atoms with Gasteiger partial charge in [-0.05, 0) is 31.9 Å². The summed E-state index contributed by atoms with van der Waals surface area (Å²) in [7, 11) is 1.66. The number of rotatable bonds is 7. The van der Waals surface area contributed by atoms with E-state index in [2.05, 4.69) is 10.2 Å². The maximum Gasteiger partial charge on any atom is 0.230 e. The minimum atomic E-state index is -0.369. The molecule has 23 heavy (non-hydrogen) atoms. The van der Waals surface area contributed by atoms with E-state index in [1.165, 1.54) is 0 Å². The van der Waals surface area contributed by atoms with Crippen LogP contribution >= 0.6 is 0 Å². The molecule has 5 nitrogen and oxygen atoms in total. The van der Waals surface area contributed by atoms with Crippen molar-refractivity contribution in [2.75, 3.05) is 46.5 Å². The van der Waals surface area contributed by atoms with Crippen LogP contribution in [-0.4, -0.2) is 57.3 Å². The summed E-state index contributed by atoms with van der Waals surface area (Å²) in [4.78, 5) is 15.0. The van der Waals surface area contributed by atoms with Crippen molar-refractivity contribution >= 4 is 5.91 Å². The standard InChI is InChI=1S/C18H26N2O3/c1-22-16-6-3-2-5-15(16)18(7-8-18)17(21)19-9-4-10-20-11-13-23-14-12-20/h2-3,5-6H,4,7-14H2,1H3,(H,19,21). The first-order valence-corrected chi connectivity index (χ1v) is 8.48. The van der Waals surface area contributed by atoms with Gasteiger partial charge in [-0.1, -0.05) is 18.2 Å². The fraction of sp³-hybridized carbons (Fsp3) is 0.611. The highest BCUT2D eigenvalue weighted by Crippen LogP contribution is 2.51. The Hall–Kier alpha value is -1.59. The summed E-state index contributed by atoms with van der Waals surface area (Å²) in [5, 5.41) is 3.12. The van der Waals surface area contributed by atoms with E-state index in [4.69, 9.17) is 9.47 Å². The third kappa shape index (κ3) is 3.67. The van der Waals surface area contributed by atoms with Crippen molar-refractivity contribution in [1.82, 2.24) is 10.2 Å². The molecule has 0 bridgehead atoms. The van der Waals surface area contributed by atoms with Gasteiger partial charge in [0.15, 0.2) is 0 Å². The fourth-order valence-electron chi connectivity index (χ4n) is 3.28. The zero-order valence-electron chi connectivity index (χ0n) is 13.8. The predicted octanol–water partition coefficient (Wildman–Crippen LogP) is 1.57. The monoisotopic (exact) mass is 318 g/mol. The van der Waals surface area contributed by atoms with Gasteiger partial charge in [0, 0.05) is 25.2 Å². The van der Waals surface area contributed by atoms with Crippen LogP contribution in [0.5, 0.6) is 5.75 Å². The zero-order chi connectivity index (χ0) is 16.1. The Morgan fingerprint density at radius 3 is 2.74 bits per heavy atom. The third-order valence-corrected chi connectivity index (χ3v) is 4.85. The molecule has 1 aromatic rings. The van der Waals surface area contributed by atoms with Crippen molar-refractivity contribution in [3.05, 3.63) is 29.8 Å². The van der Waals surface area contributed by atoms with Gasteiger partial charge in [0.1, 0.15) is 5.75 Å². The van der Waals surface area contributed by atoms with E-state index in [1.54, 1.807) is 7.11 Å². The summed E-state index contributed by atoms with van der Waals surface area (Å²) in [5.74, 6) is 0.956. The molecular weight excluding hydrogens is 292 g/mol. The summed E-state index contributed by atoms with van der Waals surface area (Å²) in [6.07, 6.45) is 2.79. The number of para-hydroxylation sites is 1. The lowest BCUT2D eigenvalue weighted by Crippen LogP contribution is -2.39. The Balaban J connectivity index is 1.49. The van der Waals surface area contributed by atoms with E-state index in [1.807, 2.05) is 24.3 Å². The average molecular weight is 318 g/mol. The predicted molar refractivity (Wildman–Crippen MR) is 88.8 cm³/mol. The first-order chi connectivity index (χ1) is 11.3. The molecular formula is C18H26N2O3. The van der Waals surface area contributed by atoms with E-state index >= 15 is 0 Å². The summed E-state index contributed by atoms with van der Waals surface area (Å²) in [5.41, 5.74) is 0.652. The van der Waals surface area contributed by atoms with Crippen molar-refractivity contribution in [3.8, 4) is 5.75 Å². The molecule has 0 atom stereocenters. The van der Waals surface area contributed by atoms with E-state index in [9.17, 15) is 4.79 Å². The van der Waals surface area contributed by atoms with Crippen LogP contribution in [-0.2, 0) is 14.9 Å². The summed E-state index contributed by atoms with van der Waals surface area (Å²) in [6, 6.07) is 7.86. The Morgan fingerprint density at radius 2 is 2.04 bits per heavy atom. The van der Waals surface area contributed by atoms with Gasteiger partial charge in [-0.25, -0.2) is 0 Å². The molecule has 0 spiro atoms. The highest BCUT2D eigenvalue weighted by molar-refractivity contribution is 5.92. The SMILES string of the molecule is COc1ccccc1C1(C(=O)NCCCN2CCOCC2)CC1. The molecule has 5 heteroatoms. The Kier molecular flexibility index (Phi) is 5.18. The number of ether oxygens (including phenoxy) is 2. The van der Waals surface area contributed by atoms with Crippen LogP contribution in [0.3, 0.4) is 0 Å². The zero-order valence-corrected chi connectivity index (χ0v) is 13.8. The van der Waals surface area contributed by atoms with Crippen molar-refractivity contribution in [2.24, 2.45) is 0 Å². The molecule has 1 amide bonds. The number of nitrogens with one attached hydrogen (secondary N) is 1. The van der Waals surface area contributed by atoms with Gasteiger partial charge in [0.2, 0.25) is 5.91 Å². The third-order valence-electron chi connectivity index (χ3n) is 4.85. The molecule has 0 unspecified atom stereocenters. The first kappa shape index (κ1) is 16.3. The lowest BCUT2D eigenvalue weighted by atomic mass is 9.94. The number of carbonyl (C=O) groups excluding carboxylic acids is 1. The molecule has 1 aliphatic carbocycles. The lowest BCUT2D eigenvalue weighted by molar-refractivity contribution is -0.123. The second kappa shape index (κ2) is 7.32. The minimum absolute atomic E-state index is 0.143. The van der Waals surface area contributed by atoms with Crippen molar-refractivity contribution in [3.63, 3.8) is 0 Å². The van der Waals surface area contributed by atoms with Gasteiger partial charge in [0.25, 0.3) is 0 Å². The number of morpholine rings is 1. The normalized spacial score (nSPS) is 20.0. The van der Waals surface area contributed by atoms with Crippen LogP contribution in [0.15, 0.2) is 24.3 Å². The minimum Gasteiger partial charge on any atom is -0.496 e. The molecule has 2 fully saturated rings. The maximum absolute atomic E-state index is 12.6. The number of carbonyl (C=O) groups is 1. The molecule has 2 aliphatic rings. The highest BCUT2D eigenvalue weighted by Gasteiger charge is 2.52. The van der Waals surface area contributed by atoms with Gasteiger partial charge in [-0.15, -0.1) is 0 Å². The molecule has 0 radical (unpaired) electrons. The van der Waals surface area contributed by atoms with Crippen LogP contribution < -0.4 is 10.1 Å². The number of methoxy groups -OCH3 is 1. The van der Waals surface area contributed by atoms with Crippen molar-refractivity contribution in [1.29, 1.82) is 0 Å². The largest absolute Gasteiger partial charge is 0.496 e. The number of amides is 1. The molecule has 126 valence electrons. The smallest absolute Gasteiger partial charge is 0.230 e. The molecule has 1 N–H and O–H groups in total. The number of hydrogen-bond donors (Lipinski definition) is 1. The van der Waals surface area contributed by atoms with Crippen LogP contribution in [0.25, 0.3) is 0 Å². The average Bonchev–Trinajstić information content (AvgIpc) is 3.41. The molecule has 1 saturated heterocycles. The van der Waals surface area contributed by atoms with E-state index in [-0.39, 0.29) is 11.3 Å². The number of hydrogen-bond acceptors (Lipinski definition) is 4.